The van der Waals surface area contributed by atoms with Crippen molar-refractivity contribution in [2.45, 2.75) is 68.3 Å². The molecule has 2 aromatic rings. The molecule has 1 aliphatic heterocycles. The fourth-order valence-electron chi connectivity index (χ4n) is 5.53. The van der Waals surface area contributed by atoms with Crippen LogP contribution in [0.4, 0.5) is 11.4 Å². The van der Waals surface area contributed by atoms with Crippen molar-refractivity contribution >= 4 is 29.2 Å². The fourth-order valence-corrected chi connectivity index (χ4v) is 5.53. The molecule has 2 aromatic carbocycles. The molecule has 0 aliphatic carbocycles. The number of hydrogen-bond acceptors (Lipinski definition) is 15. The standard InChI is InChI=1S/C35H48N4O14/c1-2-14-50-17-18-51-16-13-37-28-27(30(45)31(28)46)36-12-8-3-4-9-15-52-35(34(48)49)19-23(41)26(39-25(43)21-40)32(53-35)29(44)24(42)20-38-33(47)22-10-6-5-7-11-22/h1,5-7,10-11,23-24,26,29,32,36-37,40-42,44H,3-4,8-9,12-21H2,(H,38,47)(H,39,43)(H,48,49)/t23-,24+,26+,29+,32+,35+/m0/s1. The Labute approximate surface area is 305 Å². The van der Waals surface area contributed by atoms with Crippen LogP contribution in [0, 0.1) is 12.3 Å². The lowest BCUT2D eigenvalue weighted by molar-refractivity contribution is -0.310. The number of terminal acetylenes is 1. The van der Waals surface area contributed by atoms with Gasteiger partial charge in [0.05, 0.1) is 44.7 Å². The third-order valence-corrected chi connectivity index (χ3v) is 8.33. The largest absolute Gasteiger partial charge is 0.477 e. The summed E-state index contributed by atoms with van der Waals surface area (Å²) in [6, 6.07) is 6.57. The highest BCUT2D eigenvalue weighted by molar-refractivity contribution is 5.94. The van der Waals surface area contributed by atoms with Gasteiger partial charge in [0, 0.05) is 31.6 Å². The van der Waals surface area contributed by atoms with Crippen LogP contribution in [0.5, 0.6) is 0 Å². The quantitative estimate of drug-likeness (QED) is 0.0299. The third kappa shape index (κ3) is 12.6. The zero-order valence-corrected chi connectivity index (χ0v) is 29.2. The van der Waals surface area contributed by atoms with Crippen molar-refractivity contribution in [1.82, 2.24) is 10.6 Å². The highest BCUT2D eigenvalue weighted by atomic mass is 16.7. The molecule has 0 unspecified atom stereocenters. The number of aliphatic hydroxyl groups excluding tert-OH is 4. The van der Waals surface area contributed by atoms with Crippen LogP contribution in [0.3, 0.4) is 0 Å². The maximum atomic E-state index is 12.5. The van der Waals surface area contributed by atoms with Crippen LogP contribution in [0.1, 0.15) is 42.5 Å². The molecule has 3 rings (SSSR count). The van der Waals surface area contributed by atoms with E-state index in [-0.39, 0.29) is 36.8 Å². The summed E-state index contributed by atoms with van der Waals surface area (Å²) in [5.74, 6) is -3.29. The zero-order chi connectivity index (χ0) is 38.8. The molecule has 0 spiro atoms. The van der Waals surface area contributed by atoms with Gasteiger partial charge >= 0.3 is 5.97 Å². The monoisotopic (exact) mass is 748 g/mol. The topological polar surface area (TPSA) is 272 Å². The van der Waals surface area contributed by atoms with Crippen LogP contribution in [-0.4, -0.2) is 139 Å². The number of rotatable bonds is 25. The van der Waals surface area contributed by atoms with Gasteiger partial charge in [-0.1, -0.05) is 37.0 Å². The molecule has 0 radical (unpaired) electrons. The van der Waals surface area contributed by atoms with Gasteiger partial charge in [-0.15, -0.1) is 6.42 Å². The van der Waals surface area contributed by atoms with E-state index in [1.54, 1.807) is 18.2 Å². The number of carboxylic acid groups (broad SMARTS) is 1. The second kappa shape index (κ2) is 21.9. The molecule has 18 nitrogen and oxygen atoms in total. The maximum absolute atomic E-state index is 12.5. The van der Waals surface area contributed by atoms with Gasteiger partial charge in [0.15, 0.2) is 0 Å². The van der Waals surface area contributed by atoms with Crippen LogP contribution in [0.2, 0.25) is 0 Å². The Morgan fingerprint density at radius 2 is 1.60 bits per heavy atom. The van der Waals surface area contributed by atoms with Crippen LogP contribution < -0.4 is 32.1 Å². The molecule has 1 heterocycles. The molecule has 9 N–H and O–H groups in total. The van der Waals surface area contributed by atoms with Crippen molar-refractivity contribution in [2.24, 2.45) is 0 Å². The van der Waals surface area contributed by atoms with Gasteiger partial charge in [0.25, 0.3) is 22.6 Å². The number of carbonyl (C=O) groups is 3. The molecule has 292 valence electrons. The number of aliphatic carboxylic acids is 1. The number of nitrogens with one attached hydrogen (secondary N) is 4. The number of unbranched alkanes of at least 4 members (excludes halogenated alkanes) is 3. The molecule has 1 aliphatic rings. The van der Waals surface area contributed by atoms with Crippen molar-refractivity contribution in [3.63, 3.8) is 0 Å². The minimum absolute atomic E-state index is 0.150. The molecule has 1 fully saturated rings. The average Bonchev–Trinajstić information content (AvgIpc) is 3.16. The molecular weight excluding hydrogens is 700 g/mol. The normalized spacial score (nSPS) is 20.9. The maximum Gasteiger partial charge on any atom is 0.364 e. The lowest BCUT2D eigenvalue weighted by Gasteiger charge is -2.46. The average molecular weight is 749 g/mol. The van der Waals surface area contributed by atoms with E-state index >= 15 is 0 Å². The van der Waals surface area contributed by atoms with Crippen LogP contribution in [0.25, 0.3) is 0 Å². The van der Waals surface area contributed by atoms with Crippen molar-refractivity contribution in [3.05, 3.63) is 56.3 Å². The van der Waals surface area contributed by atoms with E-state index in [1.165, 1.54) is 12.1 Å². The van der Waals surface area contributed by atoms with Crippen molar-refractivity contribution in [1.29, 1.82) is 0 Å². The smallest absolute Gasteiger partial charge is 0.364 e. The van der Waals surface area contributed by atoms with Gasteiger partial charge < -0.3 is 65.7 Å². The fraction of sp³-hybridized carbons (Fsp3) is 0.571. The zero-order valence-electron chi connectivity index (χ0n) is 29.2. The molecule has 0 saturated carbocycles. The Hall–Kier alpha value is -4.45. The molecular formula is C35H48N4O14. The van der Waals surface area contributed by atoms with Gasteiger partial charge in [-0.3, -0.25) is 19.2 Å². The number of benzene rings is 1. The summed E-state index contributed by atoms with van der Waals surface area (Å²) in [5, 5.41) is 62.6. The Balaban J connectivity index is 1.48. The summed E-state index contributed by atoms with van der Waals surface area (Å²) in [4.78, 5) is 60.9. The molecule has 1 saturated heterocycles. The first-order chi connectivity index (χ1) is 25.5. The summed E-state index contributed by atoms with van der Waals surface area (Å²) in [6.07, 6.45) is -0.543. The third-order valence-electron chi connectivity index (χ3n) is 8.33. The van der Waals surface area contributed by atoms with Crippen molar-refractivity contribution in [2.75, 3.05) is 69.9 Å². The summed E-state index contributed by atoms with van der Waals surface area (Å²) in [7, 11) is 0. The molecule has 18 heteroatoms. The minimum Gasteiger partial charge on any atom is -0.477 e. The molecule has 2 amide bonds. The molecule has 0 bridgehead atoms. The van der Waals surface area contributed by atoms with Crippen LogP contribution in [0.15, 0.2) is 39.9 Å². The van der Waals surface area contributed by atoms with Gasteiger partial charge in [-0.25, -0.2) is 4.79 Å². The summed E-state index contributed by atoms with van der Waals surface area (Å²) in [6.45, 7) is 0.191. The van der Waals surface area contributed by atoms with Gasteiger partial charge in [-0.05, 0) is 25.0 Å². The molecule has 0 aromatic heterocycles. The van der Waals surface area contributed by atoms with E-state index in [4.69, 9.17) is 25.4 Å². The number of carboxylic acids is 1. The Morgan fingerprint density at radius 3 is 2.26 bits per heavy atom. The first kappa shape index (κ1) is 43.0. The van der Waals surface area contributed by atoms with Crippen LogP contribution >= 0.6 is 0 Å². The highest BCUT2D eigenvalue weighted by Crippen LogP contribution is 2.34. The van der Waals surface area contributed by atoms with E-state index in [1.807, 2.05) is 0 Å². The first-order valence-electron chi connectivity index (χ1n) is 17.2. The second-order valence-corrected chi connectivity index (χ2v) is 12.2. The number of aliphatic hydroxyl groups is 4. The second-order valence-electron chi connectivity index (χ2n) is 12.2. The predicted octanol–water partition coefficient (Wildman–Crippen LogP) is -2.09. The Morgan fingerprint density at radius 1 is 0.943 bits per heavy atom. The number of anilines is 2. The van der Waals surface area contributed by atoms with E-state index in [0.29, 0.717) is 52.0 Å². The van der Waals surface area contributed by atoms with Crippen molar-refractivity contribution in [3.8, 4) is 12.3 Å². The predicted molar refractivity (Wildman–Crippen MR) is 189 cm³/mol. The number of hydrogen-bond donors (Lipinski definition) is 9. The van der Waals surface area contributed by atoms with E-state index in [0.717, 1.165) is 0 Å². The van der Waals surface area contributed by atoms with E-state index in [2.05, 4.69) is 27.2 Å². The summed E-state index contributed by atoms with van der Waals surface area (Å²) in [5.41, 5.74) is -0.575. The Bertz CT molecular complexity index is 1580. The number of ether oxygens (including phenoxy) is 4. The summed E-state index contributed by atoms with van der Waals surface area (Å²) >= 11 is 0. The van der Waals surface area contributed by atoms with E-state index < -0.39 is 84.5 Å². The Kier molecular flexibility index (Phi) is 17.8. The first-order valence-corrected chi connectivity index (χ1v) is 17.2. The molecule has 6 atom stereocenters. The lowest BCUT2D eigenvalue weighted by atomic mass is 9.88. The minimum atomic E-state index is -2.48. The SMILES string of the molecule is C#CCOCCOCCNc1c(NCCCCCCO[C@]2(C(=O)O)C[C@H](O)[C@@H](NC(=O)CO)[C@H]([C@H](O)[C@H](O)CNC(=O)c3ccccc3)O2)c(=O)c1=O. The van der Waals surface area contributed by atoms with Gasteiger partial charge in [0.2, 0.25) is 5.91 Å². The lowest BCUT2D eigenvalue weighted by Crippen LogP contribution is -2.68. The molecule has 53 heavy (non-hydrogen) atoms. The number of amides is 2. The highest BCUT2D eigenvalue weighted by Gasteiger charge is 2.55. The van der Waals surface area contributed by atoms with Gasteiger partial charge in [0.1, 0.15) is 36.8 Å². The van der Waals surface area contributed by atoms with Gasteiger partial charge in [-0.2, -0.15) is 0 Å². The van der Waals surface area contributed by atoms with E-state index in [9.17, 15) is 49.5 Å². The van der Waals surface area contributed by atoms with Crippen molar-refractivity contribution < 1.29 is 58.9 Å². The number of carbonyl (C=O) groups excluding carboxylic acids is 2. The van der Waals surface area contributed by atoms with Crippen LogP contribution in [-0.2, 0) is 28.5 Å². The summed E-state index contributed by atoms with van der Waals surface area (Å²) < 4.78 is 21.8.